The Balaban J connectivity index is 1.22. The number of pyridine rings is 1. The Hall–Kier alpha value is -6.82. The summed E-state index contributed by atoms with van der Waals surface area (Å²) in [5.41, 5.74) is 22.3. The molecule has 8 aromatic rings. The molecule has 0 saturated carbocycles. The predicted octanol–water partition coefficient (Wildman–Crippen LogP) is 12.6. The number of nitrogens with zero attached hydrogens (tertiary/aromatic N) is 2. The molecule has 252 valence electrons. The van der Waals surface area contributed by atoms with Gasteiger partial charge in [-0.15, -0.1) is 0 Å². The first-order chi connectivity index (χ1) is 26.5. The van der Waals surface area contributed by atoms with E-state index in [4.69, 9.17) is 4.98 Å². The topological polar surface area (TPSA) is 36.7 Å². The minimum absolute atomic E-state index is 0.106. The lowest BCUT2D eigenvalue weighted by Gasteiger charge is -2.36. The van der Waals surface area contributed by atoms with E-state index in [1.54, 1.807) is 0 Å². The highest BCUT2D eigenvalue weighted by Gasteiger charge is 2.51. The van der Waals surface area contributed by atoms with Gasteiger partial charge in [-0.3, -0.25) is 4.98 Å². The average molecular weight is 687 g/mol. The van der Waals surface area contributed by atoms with E-state index in [1.807, 2.05) is 30.5 Å². The molecule has 1 heterocycles. The zero-order valence-corrected chi connectivity index (χ0v) is 30.1. The molecule has 1 unspecified atom stereocenters. The van der Waals surface area contributed by atoms with Gasteiger partial charge in [0, 0.05) is 22.7 Å². The molecule has 0 N–H and O–H groups in total. The summed E-state index contributed by atoms with van der Waals surface area (Å²) >= 11 is 0. The molecular formula is C52H34N2. The summed E-state index contributed by atoms with van der Waals surface area (Å²) in [6, 6.07) is 62.4. The number of benzene rings is 7. The van der Waals surface area contributed by atoms with Crippen LogP contribution in [0.25, 0.3) is 66.9 Å². The molecule has 1 aromatic heterocycles. The van der Waals surface area contributed by atoms with Gasteiger partial charge >= 0.3 is 0 Å². The Labute approximate surface area is 315 Å². The van der Waals surface area contributed by atoms with Crippen molar-refractivity contribution in [3.8, 4) is 73.0 Å². The summed E-state index contributed by atoms with van der Waals surface area (Å²) in [5.74, 6) is 0. The van der Waals surface area contributed by atoms with Crippen LogP contribution in [0.15, 0.2) is 170 Å². The van der Waals surface area contributed by atoms with Crippen LogP contribution in [0.3, 0.4) is 0 Å². The van der Waals surface area contributed by atoms with E-state index in [0.717, 1.165) is 22.4 Å². The number of rotatable bonds is 2. The van der Waals surface area contributed by atoms with Gasteiger partial charge in [0.05, 0.1) is 22.7 Å². The van der Waals surface area contributed by atoms with Gasteiger partial charge in [-0.05, 0) is 120 Å². The van der Waals surface area contributed by atoms with Crippen molar-refractivity contribution < 1.29 is 0 Å². The smallest absolute Gasteiger partial charge is 0.0991 e. The number of hydrogen-bond acceptors (Lipinski definition) is 2. The molecule has 0 radical (unpaired) electrons. The number of nitriles is 1. The lowest BCUT2D eigenvalue weighted by Crippen LogP contribution is -2.29. The first-order valence-electron chi connectivity index (χ1n) is 18.7. The molecule has 54 heavy (non-hydrogen) atoms. The molecular weight excluding hydrogens is 653 g/mol. The van der Waals surface area contributed by atoms with Gasteiger partial charge < -0.3 is 0 Å². The van der Waals surface area contributed by atoms with Gasteiger partial charge in [0.2, 0.25) is 0 Å². The lowest BCUT2D eigenvalue weighted by atomic mass is 9.65. The van der Waals surface area contributed by atoms with Gasteiger partial charge in [-0.1, -0.05) is 141 Å². The molecule has 0 aliphatic heterocycles. The number of fused-ring (bicyclic) bond motifs is 15. The van der Waals surface area contributed by atoms with Crippen LogP contribution in [0.1, 0.15) is 52.8 Å². The van der Waals surface area contributed by atoms with Crippen LogP contribution in [0.2, 0.25) is 0 Å². The second-order valence-corrected chi connectivity index (χ2v) is 15.4. The normalized spacial score (nSPS) is 16.2. The van der Waals surface area contributed by atoms with E-state index >= 15 is 0 Å². The molecule has 0 fully saturated rings. The van der Waals surface area contributed by atoms with Crippen molar-refractivity contribution >= 4 is 0 Å². The van der Waals surface area contributed by atoms with E-state index in [1.165, 1.54) is 77.9 Å². The largest absolute Gasteiger partial charge is 0.256 e. The third-order valence-electron chi connectivity index (χ3n) is 12.4. The zero-order valence-electron chi connectivity index (χ0n) is 30.1. The van der Waals surface area contributed by atoms with Crippen molar-refractivity contribution in [2.24, 2.45) is 0 Å². The fourth-order valence-corrected chi connectivity index (χ4v) is 9.91. The Bertz CT molecular complexity index is 2910. The maximum Gasteiger partial charge on any atom is 0.0991 e. The molecule has 2 nitrogen and oxygen atoms in total. The van der Waals surface area contributed by atoms with Crippen LogP contribution in [0.5, 0.6) is 0 Å². The first-order valence-corrected chi connectivity index (χ1v) is 18.7. The standard InChI is InChI=1S/C52H34N2/c1-51(2)44-16-8-5-14-39(44)42-29-49-43(28-47(42)51)40-15-7-10-18-46(40)52(49)45-17-9-6-13-38(45)36-11-3-4-12-37(36)41-25-23-34(27-48(41)52)35-24-26-50(54-31-35)33-21-19-32(30-53)20-22-33/h3-29,31H,1-2H3. The summed E-state index contributed by atoms with van der Waals surface area (Å²) < 4.78 is 0. The predicted molar refractivity (Wildman–Crippen MR) is 219 cm³/mol. The maximum absolute atomic E-state index is 9.29. The Kier molecular flexibility index (Phi) is 6.32. The zero-order chi connectivity index (χ0) is 36.2. The molecule has 11 rings (SSSR count). The first kappa shape index (κ1) is 30.8. The van der Waals surface area contributed by atoms with Crippen LogP contribution < -0.4 is 0 Å². The Morgan fingerprint density at radius 2 is 0.889 bits per heavy atom. The van der Waals surface area contributed by atoms with Crippen molar-refractivity contribution in [2.45, 2.75) is 24.7 Å². The highest BCUT2D eigenvalue weighted by molar-refractivity contribution is 5.99. The van der Waals surface area contributed by atoms with Crippen LogP contribution >= 0.6 is 0 Å². The minimum atomic E-state index is -0.584. The molecule has 0 bridgehead atoms. The number of hydrogen-bond donors (Lipinski definition) is 0. The fourth-order valence-electron chi connectivity index (χ4n) is 9.91. The van der Waals surface area contributed by atoms with Crippen molar-refractivity contribution in [2.75, 3.05) is 0 Å². The SMILES string of the molecule is CC1(C)c2ccccc2-c2cc3c(cc21)-c1ccccc1C31c2ccccc2-c2ccccc2-c2ccc(-c3ccc(-c4ccc(C#N)cc4)nc3)cc21. The monoisotopic (exact) mass is 686 g/mol. The Morgan fingerprint density at radius 3 is 1.52 bits per heavy atom. The molecule has 0 amide bonds. The molecule has 2 heteroatoms. The molecule has 1 spiro atoms. The molecule has 1 atom stereocenters. The van der Waals surface area contributed by atoms with E-state index < -0.39 is 5.41 Å². The Morgan fingerprint density at radius 1 is 0.407 bits per heavy atom. The minimum Gasteiger partial charge on any atom is -0.256 e. The van der Waals surface area contributed by atoms with Gasteiger partial charge in [-0.2, -0.15) is 5.26 Å². The maximum atomic E-state index is 9.29. The van der Waals surface area contributed by atoms with Gasteiger partial charge in [0.15, 0.2) is 0 Å². The third kappa shape index (κ3) is 4.02. The van der Waals surface area contributed by atoms with Crippen molar-refractivity contribution in [1.82, 2.24) is 4.98 Å². The van der Waals surface area contributed by atoms with Gasteiger partial charge in [0.25, 0.3) is 0 Å². The van der Waals surface area contributed by atoms with Crippen LogP contribution in [-0.4, -0.2) is 4.98 Å². The highest BCUT2D eigenvalue weighted by atomic mass is 14.7. The summed E-state index contributed by atoms with van der Waals surface area (Å²) in [7, 11) is 0. The second-order valence-electron chi connectivity index (χ2n) is 15.4. The van der Waals surface area contributed by atoms with Crippen LogP contribution in [0, 0.1) is 11.3 Å². The van der Waals surface area contributed by atoms with E-state index in [0.29, 0.717) is 5.56 Å². The summed E-state index contributed by atoms with van der Waals surface area (Å²) in [6.07, 6.45) is 1.99. The number of aromatic nitrogens is 1. The van der Waals surface area contributed by atoms with E-state index in [2.05, 4.69) is 159 Å². The third-order valence-corrected chi connectivity index (χ3v) is 12.4. The summed E-state index contributed by atoms with van der Waals surface area (Å²) in [4.78, 5) is 4.94. The molecule has 3 aliphatic rings. The molecule has 0 saturated heterocycles. The summed E-state index contributed by atoms with van der Waals surface area (Å²) in [5, 5.41) is 9.29. The highest BCUT2D eigenvalue weighted by Crippen LogP contribution is 2.64. The van der Waals surface area contributed by atoms with Crippen molar-refractivity contribution in [1.29, 1.82) is 5.26 Å². The van der Waals surface area contributed by atoms with Crippen molar-refractivity contribution in [3.63, 3.8) is 0 Å². The fraction of sp³-hybridized carbons (Fsp3) is 0.0769. The summed E-state index contributed by atoms with van der Waals surface area (Å²) in [6.45, 7) is 4.75. The average Bonchev–Trinajstić information content (AvgIpc) is 3.60. The van der Waals surface area contributed by atoms with Crippen LogP contribution in [0.4, 0.5) is 0 Å². The van der Waals surface area contributed by atoms with Crippen molar-refractivity contribution in [3.05, 3.63) is 209 Å². The van der Waals surface area contributed by atoms with Gasteiger partial charge in [0.1, 0.15) is 0 Å². The molecule has 7 aromatic carbocycles. The lowest BCUT2D eigenvalue weighted by molar-refractivity contribution is 0.660. The van der Waals surface area contributed by atoms with E-state index in [9.17, 15) is 5.26 Å². The van der Waals surface area contributed by atoms with Gasteiger partial charge in [-0.25, -0.2) is 0 Å². The van der Waals surface area contributed by atoms with E-state index in [-0.39, 0.29) is 5.41 Å². The molecule has 3 aliphatic carbocycles. The quantitative estimate of drug-likeness (QED) is 0.181. The van der Waals surface area contributed by atoms with Crippen LogP contribution in [-0.2, 0) is 10.8 Å². The second kappa shape index (κ2) is 11.1.